The number of likely N-dealkylation sites (tertiary alicyclic amines) is 1. The zero-order valence-electron chi connectivity index (χ0n) is 21.3. The van der Waals surface area contributed by atoms with E-state index in [1.54, 1.807) is 6.07 Å². The fourth-order valence-corrected chi connectivity index (χ4v) is 5.74. The summed E-state index contributed by atoms with van der Waals surface area (Å²) in [7, 11) is 0. The fraction of sp³-hybridized carbons (Fsp3) is 0.536. The molecule has 2 heterocycles. The zero-order valence-corrected chi connectivity index (χ0v) is 21.3. The number of hydrogen-bond acceptors (Lipinski definition) is 6. The Morgan fingerprint density at radius 3 is 2.63 bits per heavy atom. The average Bonchev–Trinajstić information content (AvgIpc) is 3.59. The highest BCUT2D eigenvalue weighted by Crippen LogP contribution is 2.41. The third-order valence-corrected chi connectivity index (χ3v) is 7.65. The Balaban J connectivity index is 1.28. The number of halogens is 3. The smallest absolute Gasteiger partial charge is 0.508 e. The number of ether oxygens (including phenoxy) is 2. The van der Waals surface area contributed by atoms with Crippen LogP contribution in [0.5, 0.6) is 17.2 Å². The molecule has 2 aromatic rings. The molecule has 0 radical (unpaired) electrons. The van der Waals surface area contributed by atoms with E-state index in [-0.39, 0.29) is 23.8 Å². The maximum atomic E-state index is 13.2. The summed E-state index contributed by atoms with van der Waals surface area (Å²) in [6.07, 6.45) is 2.95. The second-order valence-corrected chi connectivity index (χ2v) is 10.4. The number of alkyl halides is 3. The van der Waals surface area contributed by atoms with Gasteiger partial charge in [0, 0.05) is 17.8 Å². The van der Waals surface area contributed by atoms with Crippen molar-refractivity contribution in [3.05, 3.63) is 41.5 Å². The molecule has 0 spiro atoms. The molecular weight excluding hydrogens is 499 g/mol. The molecule has 1 saturated heterocycles. The summed E-state index contributed by atoms with van der Waals surface area (Å²) in [4.78, 5) is 15.6. The molecule has 1 amide bonds. The van der Waals surface area contributed by atoms with Crippen molar-refractivity contribution in [2.45, 2.75) is 69.8 Å². The van der Waals surface area contributed by atoms with Crippen LogP contribution in [-0.4, -0.2) is 54.6 Å². The van der Waals surface area contributed by atoms with Gasteiger partial charge >= 0.3 is 6.36 Å². The molecule has 1 saturated carbocycles. The predicted octanol–water partition coefficient (Wildman–Crippen LogP) is 5.79. The number of phenolic OH excluding ortho intramolecular Hbond substituents is 1. The number of rotatable bonds is 8. The van der Waals surface area contributed by atoms with Gasteiger partial charge in [-0.2, -0.15) is 0 Å². The molecule has 3 N–H and O–H groups in total. The lowest BCUT2D eigenvalue weighted by atomic mass is 9.92. The molecule has 0 bridgehead atoms. The first-order valence-electron chi connectivity index (χ1n) is 13.4. The minimum absolute atomic E-state index is 0.0741. The molecule has 10 heteroatoms. The Morgan fingerprint density at radius 1 is 1.13 bits per heavy atom. The highest BCUT2D eigenvalue weighted by atomic mass is 19.4. The number of phenols is 1. The van der Waals surface area contributed by atoms with Crippen LogP contribution in [-0.2, 0) is 11.2 Å². The van der Waals surface area contributed by atoms with E-state index in [2.05, 4.69) is 26.3 Å². The fourth-order valence-electron chi connectivity index (χ4n) is 5.74. The van der Waals surface area contributed by atoms with E-state index in [0.717, 1.165) is 75.4 Å². The Kier molecular flexibility index (Phi) is 7.88. The monoisotopic (exact) mass is 533 g/mol. The number of aryl methyl sites for hydroxylation is 1. The van der Waals surface area contributed by atoms with Crippen molar-refractivity contribution in [1.29, 1.82) is 0 Å². The summed E-state index contributed by atoms with van der Waals surface area (Å²) in [5.41, 5.74) is 2.84. The first-order valence-corrected chi connectivity index (χ1v) is 13.4. The van der Waals surface area contributed by atoms with Crippen LogP contribution in [0.4, 0.5) is 24.5 Å². The van der Waals surface area contributed by atoms with Gasteiger partial charge in [0.1, 0.15) is 17.2 Å². The van der Waals surface area contributed by atoms with E-state index in [1.807, 2.05) is 0 Å². The lowest BCUT2D eigenvalue weighted by molar-refractivity contribution is -0.274. The number of hydrogen-bond donors (Lipinski definition) is 3. The molecule has 1 unspecified atom stereocenters. The molecule has 38 heavy (non-hydrogen) atoms. The number of nitrogens with one attached hydrogen (secondary N) is 2. The largest absolute Gasteiger partial charge is 0.573 e. The topological polar surface area (TPSA) is 83.1 Å². The lowest BCUT2D eigenvalue weighted by Crippen LogP contribution is -2.41. The van der Waals surface area contributed by atoms with Gasteiger partial charge in [-0.05, 0) is 93.4 Å². The highest BCUT2D eigenvalue weighted by molar-refractivity contribution is 5.96. The molecule has 206 valence electrons. The van der Waals surface area contributed by atoms with Crippen molar-refractivity contribution in [1.82, 2.24) is 4.90 Å². The van der Waals surface area contributed by atoms with Gasteiger partial charge in [0.2, 0.25) is 0 Å². The Labute approximate surface area is 220 Å². The van der Waals surface area contributed by atoms with Gasteiger partial charge in [-0.1, -0.05) is 12.8 Å². The molecule has 5 rings (SSSR count). The summed E-state index contributed by atoms with van der Waals surface area (Å²) in [6, 6.07) is 7.39. The van der Waals surface area contributed by atoms with E-state index in [4.69, 9.17) is 4.74 Å². The van der Waals surface area contributed by atoms with Crippen molar-refractivity contribution >= 4 is 17.3 Å². The van der Waals surface area contributed by atoms with Crippen LogP contribution in [0.15, 0.2) is 30.3 Å². The number of fused-ring (bicyclic) bond motifs is 1. The summed E-state index contributed by atoms with van der Waals surface area (Å²) >= 11 is 0. The number of benzene rings is 2. The van der Waals surface area contributed by atoms with Crippen molar-refractivity contribution in [3.8, 4) is 17.2 Å². The van der Waals surface area contributed by atoms with Crippen LogP contribution in [0, 0.1) is 0 Å². The van der Waals surface area contributed by atoms with Gasteiger partial charge < -0.3 is 30.1 Å². The second kappa shape index (κ2) is 11.3. The number of amides is 1. The maximum Gasteiger partial charge on any atom is 0.573 e. The minimum Gasteiger partial charge on any atom is -0.508 e. The van der Waals surface area contributed by atoms with Gasteiger partial charge in [0.25, 0.3) is 5.91 Å². The molecule has 1 aliphatic carbocycles. The minimum atomic E-state index is -4.79. The van der Waals surface area contributed by atoms with Crippen molar-refractivity contribution < 1.29 is 32.5 Å². The molecule has 0 aromatic heterocycles. The van der Waals surface area contributed by atoms with Gasteiger partial charge in [0.05, 0.1) is 12.2 Å². The highest BCUT2D eigenvalue weighted by Gasteiger charge is 2.33. The van der Waals surface area contributed by atoms with Crippen molar-refractivity contribution in [2.75, 3.05) is 36.8 Å². The molecule has 2 aromatic carbocycles. The molecule has 2 aliphatic heterocycles. The summed E-state index contributed by atoms with van der Waals surface area (Å²) in [5, 5.41) is 16.7. The molecular formula is C28H34F3N3O4. The van der Waals surface area contributed by atoms with Crippen LogP contribution in [0.2, 0.25) is 0 Å². The van der Waals surface area contributed by atoms with Crippen molar-refractivity contribution in [3.63, 3.8) is 0 Å². The van der Waals surface area contributed by atoms with E-state index >= 15 is 0 Å². The maximum absolute atomic E-state index is 13.2. The standard InChI is InChI=1S/C28H34F3N3O4/c29-28(30,31)38-20-9-10-25-23(15-20)32-17-26(37-25)27(36)33-22-16-24(35)21(18-6-1-2-7-18)14-19(22)8-5-13-34-11-3-4-12-34/h9-10,14-16,18,26,32,35H,1-8,11-13,17H2,(H,33,36). The SMILES string of the molecule is O=C(Nc1cc(O)c(C2CCCC2)cc1CCCN1CCCC1)C1CNc2cc(OC(F)(F)F)ccc2O1. The summed E-state index contributed by atoms with van der Waals surface area (Å²) in [6.45, 7) is 3.33. The normalized spacial score (nSPS) is 20.0. The lowest BCUT2D eigenvalue weighted by Gasteiger charge is -2.27. The predicted molar refractivity (Wildman–Crippen MR) is 138 cm³/mol. The van der Waals surface area contributed by atoms with E-state index in [0.29, 0.717) is 17.3 Å². The molecule has 7 nitrogen and oxygen atoms in total. The van der Waals surface area contributed by atoms with E-state index < -0.39 is 18.4 Å². The van der Waals surface area contributed by atoms with Gasteiger partial charge in [0.15, 0.2) is 6.10 Å². The second-order valence-electron chi connectivity index (χ2n) is 10.4. The first-order chi connectivity index (χ1) is 18.2. The third-order valence-electron chi connectivity index (χ3n) is 7.65. The number of carbonyl (C=O) groups is 1. The quantitative estimate of drug-likeness (QED) is 0.399. The Hall–Kier alpha value is -3.14. The van der Waals surface area contributed by atoms with Gasteiger partial charge in [-0.3, -0.25) is 4.79 Å². The van der Waals surface area contributed by atoms with Gasteiger partial charge in [-0.15, -0.1) is 13.2 Å². The zero-order chi connectivity index (χ0) is 26.7. The van der Waals surface area contributed by atoms with Crippen LogP contribution in [0.3, 0.4) is 0 Å². The van der Waals surface area contributed by atoms with Crippen molar-refractivity contribution in [2.24, 2.45) is 0 Å². The Morgan fingerprint density at radius 2 is 1.89 bits per heavy atom. The summed E-state index contributed by atoms with van der Waals surface area (Å²) in [5.74, 6) is 0.0295. The Bertz CT molecular complexity index is 1140. The number of nitrogens with zero attached hydrogens (tertiary/aromatic N) is 1. The number of anilines is 2. The number of aromatic hydroxyl groups is 1. The number of carbonyl (C=O) groups excluding carboxylic acids is 1. The van der Waals surface area contributed by atoms with Gasteiger partial charge in [-0.25, -0.2) is 0 Å². The molecule has 1 atom stereocenters. The van der Waals surface area contributed by atoms with Crippen LogP contribution >= 0.6 is 0 Å². The van der Waals surface area contributed by atoms with E-state index in [1.165, 1.54) is 25.0 Å². The molecule has 2 fully saturated rings. The van der Waals surface area contributed by atoms with Crippen LogP contribution < -0.4 is 20.1 Å². The van der Waals surface area contributed by atoms with E-state index in [9.17, 15) is 23.1 Å². The van der Waals surface area contributed by atoms with Crippen LogP contribution in [0.25, 0.3) is 0 Å². The van der Waals surface area contributed by atoms with Crippen LogP contribution in [0.1, 0.15) is 62.0 Å². The first kappa shape index (κ1) is 26.5. The summed E-state index contributed by atoms with van der Waals surface area (Å²) < 4.78 is 47.3. The third kappa shape index (κ3) is 6.46. The average molecular weight is 534 g/mol. The molecule has 3 aliphatic rings.